The van der Waals surface area contributed by atoms with Crippen molar-refractivity contribution in [2.24, 2.45) is 0 Å². The van der Waals surface area contributed by atoms with E-state index in [-0.39, 0.29) is 5.76 Å². The fourth-order valence-electron chi connectivity index (χ4n) is 2.84. The van der Waals surface area contributed by atoms with Crippen molar-refractivity contribution >= 4 is 11.7 Å². The SMILES string of the molecule is C/C1=C(\CCNCc2ccc(/C(O)=C/C=C/C(=O)NO)cc2)C/C=C\C=C/CN1. The van der Waals surface area contributed by atoms with E-state index in [0.29, 0.717) is 5.56 Å². The third-order valence-corrected chi connectivity index (χ3v) is 4.56. The lowest BCUT2D eigenvalue weighted by Gasteiger charge is -2.12. The number of benzene rings is 1. The fraction of sp³-hybridized carbons (Fsp3) is 0.261. The number of amides is 1. The van der Waals surface area contributed by atoms with Crippen LogP contribution in [0.4, 0.5) is 0 Å². The summed E-state index contributed by atoms with van der Waals surface area (Å²) in [6, 6.07) is 7.57. The topological polar surface area (TPSA) is 93.6 Å². The van der Waals surface area contributed by atoms with Gasteiger partial charge in [-0.05, 0) is 43.5 Å². The molecule has 1 aromatic rings. The highest BCUT2D eigenvalue weighted by molar-refractivity contribution is 5.86. The number of aliphatic hydroxyl groups excluding tert-OH is 1. The predicted octanol–water partition coefficient (Wildman–Crippen LogP) is 3.51. The van der Waals surface area contributed by atoms with Gasteiger partial charge in [-0.15, -0.1) is 0 Å². The molecular formula is C23H29N3O3. The Morgan fingerprint density at radius 1 is 1.21 bits per heavy atom. The second-order valence-electron chi connectivity index (χ2n) is 6.68. The quantitative estimate of drug-likeness (QED) is 0.116. The molecule has 1 aromatic carbocycles. The summed E-state index contributed by atoms with van der Waals surface area (Å²) in [5.74, 6) is -0.607. The summed E-state index contributed by atoms with van der Waals surface area (Å²) in [4.78, 5) is 10.9. The second kappa shape index (κ2) is 12.4. The molecule has 6 heteroatoms. The van der Waals surface area contributed by atoms with Crippen molar-refractivity contribution in [3.8, 4) is 0 Å². The summed E-state index contributed by atoms with van der Waals surface area (Å²) < 4.78 is 0. The van der Waals surface area contributed by atoms with Gasteiger partial charge in [0, 0.05) is 30.4 Å². The minimum atomic E-state index is -0.653. The smallest absolute Gasteiger partial charge is 0.267 e. The van der Waals surface area contributed by atoms with Gasteiger partial charge in [-0.1, -0.05) is 54.6 Å². The monoisotopic (exact) mass is 395 g/mol. The van der Waals surface area contributed by atoms with E-state index in [1.807, 2.05) is 24.3 Å². The number of hydrogen-bond acceptors (Lipinski definition) is 5. The molecule has 0 unspecified atom stereocenters. The lowest BCUT2D eigenvalue weighted by Crippen LogP contribution is -2.18. The number of carbonyl (C=O) groups excluding carboxylic acids is 1. The van der Waals surface area contributed by atoms with Gasteiger partial charge < -0.3 is 15.7 Å². The molecule has 0 bridgehead atoms. The second-order valence-corrected chi connectivity index (χ2v) is 6.68. The Kier molecular flexibility index (Phi) is 9.48. The van der Waals surface area contributed by atoms with Crippen molar-refractivity contribution in [2.45, 2.75) is 26.3 Å². The molecule has 2 rings (SSSR count). The molecule has 0 saturated carbocycles. The Hall–Kier alpha value is -3.09. The molecular weight excluding hydrogens is 366 g/mol. The van der Waals surface area contributed by atoms with Gasteiger partial charge in [-0.2, -0.15) is 0 Å². The van der Waals surface area contributed by atoms with E-state index in [4.69, 9.17) is 5.21 Å². The summed E-state index contributed by atoms with van der Waals surface area (Å²) in [6.07, 6.45) is 14.3. The highest BCUT2D eigenvalue weighted by Crippen LogP contribution is 2.14. The van der Waals surface area contributed by atoms with Gasteiger partial charge in [0.05, 0.1) is 0 Å². The Morgan fingerprint density at radius 3 is 2.72 bits per heavy atom. The Labute approximate surface area is 172 Å². The van der Waals surface area contributed by atoms with Crippen LogP contribution in [-0.4, -0.2) is 29.3 Å². The van der Waals surface area contributed by atoms with E-state index in [1.54, 1.807) is 0 Å². The van der Waals surface area contributed by atoms with Gasteiger partial charge in [0.1, 0.15) is 5.76 Å². The van der Waals surface area contributed by atoms with Crippen molar-refractivity contribution in [3.63, 3.8) is 0 Å². The molecule has 0 aromatic heterocycles. The molecule has 29 heavy (non-hydrogen) atoms. The van der Waals surface area contributed by atoms with E-state index in [1.165, 1.54) is 28.9 Å². The van der Waals surface area contributed by atoms with Crippen LogP contribution in [-0.2, 0) is 11.3 Å². The van der Waals surface area contributed by atoms with Crippen molar-refractivity contribution in [3.05, 3.63) is 89.2 Å². The van der Waals surface area contributed by atoms with Crippen molar-refractivity contribution < 1.29 is 15.1 Å². The zero-order chi connectivity index (χ0) is 20.9. The molecule has 0 aliphatic carbocycles. The van der Waals surface area contributed by atoms with Crippen LogP contribution in [0.25, 0.3) is 5.76 Å². The van der Waals surface area contributed by atoms with Crippen LogP contribution in [0.5, 0.6) is 0 Å². The first kappa shape index (κ1) is 22.2. The van der Waals surface area contributed by atoms with Gasteiger partial charge in [0.2, 0.25) is 0 Å². The number of aliphatic hydroxyl groups is 1. The molecule has 1 amide bonds. The number of nitrogens with one attached hydrogen (secondary N) is 3. The molecule has 0 atom stereocenters. The van der Waals surface area contributed by atoms with Crippen LogP contribution in [0.15, 0.2) is 78.1 Å². The molecule has 1 aliphatic rings. The van der Waals surface area contributed by atoms with Gasteiger partial charge in [0.25, 0.3) is 5.91 Å². The zero-order valence-corrected chi connectivity index (χ0v) is 16.7. The van der Waals surface area contributed by atoms with E-state index in [0.717, 1.165) is 44.1 Å². The van der Waals surface area contributed by atoms with Gasteiger partial charge in [-0.3, -0.25) is 10.0 Å². The third kappa shape index (κ3) is 8.21. The van der Waals surface area contributed by atoms with E-state index >= 15 is 0 Å². The maximum absolute atomic E-state index is 10.9. The van der Waals surface area contributed by atoms with E-state index in [2.05, 4.69) is 41.9 Å². The minimum Gasteiger partial charge on any atom is -0.507 e. The van der Waals surface area contributed by atoms with E-state index < -0.39 is 5.91 Å². The molecule has 0 fully saturated rings. The van der Waals surface area contributed by atoms with Crippen molar-refractivity contribution in [1.29, 1.82) is 0 Å². The number of rotatable bonds is 8. The van der Waals surface area contributed by atoms with E-state index in [9.17, 15) is 9.90 Å². The number of hydrogen-bond donors (Lipinski definition) is 5. The molecule has 154 valence electrons. The van der Waals surface area contributed by atoms with Crippen LogP contribution in [0.2, 0.25) is 0 Å². The van der Waals surface area contributed by atoms with Gasteiger partial charge in [-0.25, -0.2) is 5.48 Å². The summed E-state index contributed by atoms with van der Waals surface area (Å²) in [5.41, 5.74) is 5.92. The number of hydroxylamine groups is 1. The number of carbonyl (C=O) groups is 1. The summed E-state index contributed by atoms with van der Waals surface area (Å²) in [7, 11) is 0. The largest absolute Gasteiger partial charge is 0.507 e. The average Bonchev–Trinajstić information content (AvgIpc) is 2.83. The maximum atomic E-state index is 10.9. The molecule has 5 N–H and O–H groups in total. The summed E-state index contributed by atoms with van der Waals surface area (Å²) in [6.45, 7) is 4.62. The first-order chi connectivity index (χ1) is 14.1. The Morgan fingerprint density at radius 2 is 1.97 bits per heavy atom. The number of allylic oxidation sites excluding steroid dienone is 6. The Balaban J connectivity index is 1.81. The van der Waals surface area contributed by atoms with Crippen LogP contribution in [0.1, 0.15) is 30.9 Å². The molecule has 0 radical (unpaired) electrons. The minimum absolute atomic E-state index is 0.0455. The molecule has 6 nitrogen and oxygen atoms in total. The maximum Gasteiger partial charge on any atom is 0.267 e. The lowest BCUT2D eigenvalue weighted by molar-refractivity contribution is -0.124. The first-order valence-corrected chi connectivity index (χ1v) is 9.65. The standard InChI is InChI=1S/C23H29N3O3/c1-18-20(7-4-2-3-5-15-25-18)14-16-24-17-19-10-12-21(13-11-19)22(27)8-6-9-23(28)26-29/h2-6,8-13,24-25,27,29H,7,14-17H2,1H3,(H,26,28)/b4-2-,5-3-,9-6+,20-18+,22-8-. The first-order valence-electron chi connectivity index (χ1n) is 9.65. The predicted molar refractivity (Wildman–Crippen MR) is 116 cm³/mol. The average molecular weight is 396 g/mol. The lowest BCUT2D eigenvalue weighted by atomic mass is 10.1. The van der Waals surface area contributed by atoms with Crippen LogP contribution >= 0.6 is 0 Å². The van der Waals surface area contributed by atoms with Gasteiger partial charge >= 0.3 is 0 Å². The summed E-state index contributed by atoms with van der Waals surface area (Å²) >= 11 is 0. The normalized spacial score (nSPS) is 19.7. The van der Waals surface area contributed by atoms with Crippen LogP contribution < -0.4 is 16.1 Å². The van der Waals surface area contributed by atoms with Crippen LogP contribution in [0, 0.1) is 0 Å². The fourth-order valence-corrected chi connectivity index (χ4v) is 2.84. The zero-order valence-electron chi connectivity index (χ0n) is 16.7. The van der Waals surface area contributed by atoms with Crippen LogP contribution in [0.3, 0.4) is 0 Å². The summed E-state index contributed by atoms with van der Waals surface area (Å²) in [5, 5.41) is 25.3. The van der Waals surface area contributed by atoms with Crippen molar-refractivity contribution in [2.75, 3.05) is 13.1 Å². The highest BCUT2D eigenvalue weighted by atomic mass is 16.5. The third-order valence-electron chi connectivity index (χ3n) is 4.56. The molecule has 1 aliphatic heterocycles. The molecule has 0 saturated heterocycles. The van der Waals surface area contributed by atoms with Gasteiger partial charge in [0.15, 0.2) is 0 Å². The molecule has 1 heterocycles. The van der Waals surface area contributed by atoms with Crippen molar-refractivity contribution in [1.82, 2.24) is 16.1 Å². The Bertz CT molecular complexity index is 818. The highest BCUT2D eigenvalue weighted by Gasteiger charge is 2.03. The molecule has 0 spiro atoms.